The zero-order valence-corrected chi connectivity index (χ0v) is 13.8. The van der Waals surface area contributed by atoms with Gasteiger partial charge in [0, 0.05) is 15.8 Å². The second-order valence-corrected chi connectivity index (χ2v) is 8.97. The molecule has 1 aromatic heterocycles. The van der Waals surface area contributed by atoms with E-state index in [2.05, 4.69) is 32.3 Å². The Bertz CT molecular complexity index is 476. The molecule has 1 unspecified atom stereocenters. The first-order valence-corrected chi connectivity index (χ1v) is 9.21. The van der Waals surface area contributed by atoms with E-state index in [0.717, 1.165) is 29.6 Å². The van der Waals surface area contributed by atoms with Crippen molar-refractivity contribution in [3.63, 3.8) is 0 Å². The minimum absolute atomic E-state index is 0.615. The summed E-state index contributed by atoms with van der Waals surface area (Å²) in [5, 5.41) is 3.71. The molecule has 20 heavy (non-hydrogen) atoms. The van der Waals surface area contributed by atoms with Gasteiger partial charge in [0.25, 0.3) is 0 Å². The van der Waals surface area contributed by atoms with Gasteiger partial charge in [-0.2, -0.15) is 0 Å². The molecule has 1 nitrogen and oxygen atoms in total. The Labute approximate surface area is 127 Å². The molecule has 0 aliphatic heterocycles. The maximum Gasteiger partial charge on any atom is 0.0449 e. The van der Waals surface area contributed by atoms with Crippen LogP contribution in [0.15, 0.2) is 6.07 Å². The molecular weight excluding hydrogens is 262 g/mol. The Hall–Kier alpha value is -0.340. The van der Waals surface area contributed by atoms with Crippen molar-refractivity contribution < 1.29 is 0 Å². The standard InChI is InChI=1S/C18H27NS/c1-10-4-11(2)20-18(10)17(19-3)16-14-6-12-5-13(8-14)9-15(16)7-12/h4,12-17,19H,5-9H2,1-3H3. The molecule has 0 saturated heterocycles. The first-order valence-electron chi connectivity index (χ1n) is 8.40. The topological polar surface area (TPSA) is 12.0 Å². The third-order valence-corrected chi connectivity index (χ3v) is 7.59. The van der Waals surface area contributed by atoms with E-state index in [0.29, 0.717) is 6.04 Å². The molecule has 4 fully saturated rings. The van der Waals surface area contributed by atoms with Crippen LogP contribution in [0, 0.1) is 43.4 Å². The quantitative estimate of drug-likeness (QED) is 0.850. The average molecular weight is 289 g/mol. The zero-order chi connectivity index (χ0) is 13.9. The van der Waals surface area contributed by atoms with Crippen molar-refractivity contribution in [2.75, 3.05) is 7.05 Å². The fourth-order valence-corrected chi connectivity index (χ4v) is 7.18. The maximum atomic E-state index is 3.71. The van der Waals surface area contributed by atoms with Crippen LogP contribution in [0.3, 0.4) is 0 Å². The Balaban J connectivity index is 1.66. The van der Waals surface area contributed by atoms with Crippen molar-refractivity contribution in [1.82, 2.24) is 5.32 Å². The fourth-order valence-electron chi connectivity index (χ4n) is 5.98. The summed E-state index contributed by atoms with van der Waals surface area (Å²) >= 11 is 2.03. The van der Waals surface area contributed by atoms with Gasteiger partial charge in [-0.1, -0.05) is 0 Å². The monoisotopic (exact) mass is 289 g/mol. The van der Waals surface area contributed by atoms with Gasteiger partial charge in [0.1, 0.15) is 0 Å². The smallest absolute Gasteiger partial charge is 0.0449 e. The summed E-state index contributed by atoms with van der Waals surface area (Å²) in [5.74, 6) is 5.08. The summed E-state index contributed by atoms with van der Waals surface area (Å²) in [7, 11) is 2.18. The van der Waals surface area contributed by atoms with Gasteiger partial charge < -0.3 is 5.32 Å². The first-order chi connectivity index (χ1) is 9.65. The lowest BCUT2D eigenvalue weighted by molar-refractivity contribution is -0.0511. The molecule has 110 valence electrons. The largest absolute Gasteiger partial charge is 0.312 e. The van der Waals surface area contributed by atoms with E-state index in [1.54, 1.807) is 11.3 Å². The van der Waals surface area contributed by atoms with Crippen LogP contribution in [-0.2, 0) is 0 Å². The van der Waals surface area contributed by atoms with E-state index < -0.39 is 0 Å². The molecule has 5 rings (SSSR count). The van der Waals surface area contributed by atoms with Crippen LogP contribution in [0.2, 0.25) is 0 Å². The second kappa shape index (κ2) is 4.84. The SMILES string of the molecule is CNC(c1sc(C)cc1C)C1C2CC3CC(C2)CC1C3. The van der Waals surface area contributed by atoms with Gasteiger partial charge in [-0.25, -0.2) is 0 Å². The highest BCUT2D eigenvalue weighted by atomic mass is 32.1. The van der Waals surface area contributed by atoms with Gasteiger partial charge >= 0.3 is 0 Å². The minimum atomic E-state index is 0.615. The molecule has 0 spiro atoms. The van der Waals surface area contributed by atoms with Crippen LogP contribution in [0.25, 0.3) is 0 Å². The van der Waals surface area contributed by atoms with Crippen LogP contribution in [0.5, 0.6) is 0 Å². The van der Waals surface area contributed by atoms with Gasteiger partial charge in [0.15, 0.2) is 0 Å². The fraction of sp³-hybridized carbons (Fsp3) is 0.778. The average Bonchev–Trinajstić information content (AvgIpc) is 2.72. The lowest BCUT2D eigenvalue weighted by Gasteiger charge is -2.56. The molecule has 0 radical (unpaired) electrons. The number of rotatable bonds is 3. The third kappa shape index (κ3) is 1.99. The highest BCUT2D eigenvalue weighted by molar-refractivity contribution is 7.12. The van der Waals surface area contributed by atoms with E-state index in [1.807, 2.05) is 11.3 Å². The van der Waals surface area contributed by atoms with E-state index in [4.69, 9.17) is 0 Å². The predicted octanol–water partition coefficient (Wildman–Crippen LogP) is 4.70. The summed E-state index contributed by atoms with van der Waals surface area (Å²) in [6, 6.07) is 2.99. The molecule has 4 bridgehead atoms. The van der Waals surface area contributed by atoms with Crippen molar-refractivity contribution >= 4 is 11.3 Å². The van der Waals surface area contributed by atoms with Crippen molar-refractivity contribution in [3.8, 4) is 0 Å². The third-order valence-electron chi connectivity index (χ3n) is 6.36. The minimum Gasteiger partial charge on any atom is -0.312 e. The number of hydrogen-bond acceptors (Lipinski definition) is 2. The molecule has 4 aliphatic carbocycles. The molecule has 1 N–H and O–H groups in total. The Morgan fingerprint density at radius 2 is 1.65 bits per heavy atom. The van der Waals surface area contributed by atoms with Crippen molar-refractivity contribution in [1.29, 1.82) is 0 Å². The van der Waals surface area contributed by atoms with Crippen LogP contribution in [0.1, 0.15) is 53.5 Å². The van der Waals surface area contributed by atoms with Crippen LogP contribution >= 0.6 is 11.3 Å². The molecule has 0 aromatic carbocycles. The van der Waals surface area contributed by atoms with Crippen LogP contribution in [0.4, 0.5) is 0 Å². The Morgan fingerprint density at radius 1 is 1.05 bits per heavy atom. The van der Waals surface area contributed by atoms with Gasteiger partial charge in [0.2, 0.25) is 0 Å². The van der Waals surface area contributed by atoms with Gasteiger partial charge in [0.05, 0.1) is 0 Å². The first kappa shape index (κ1) is 13.3. The Kier molecular flexibility index (Phi) is 3.23. The second-order valence-electron chi connectivity index (χ2n) is 7.68. The summed E-state index contributed by atoms with van der Waals surface area (Å²) < 4.78 is 0. The zero-order valence-electron chi connectivity index (χ0n) is 13.0. The molecule has 1 heterocycles. The molecule has 1 atom stereocenters. The number of hydrogen-bond donors (Lipinski definition) is 1. The summed E-state index contributed by atoms with van der Waals surface area (Å²) in [4.78, 5) is 3.10. The van der Waals surface area contributed by atoms with E-state index in [1.165, 1.54) is 36.1 Å². The highest BCUT2D eigenvalue weighted by Gasteiger charge is 2.50. The maximum absolute atomic E-state index is 3.71. The van der Waals surface area contributed by atoms with Gasteiger partial charge in [-0.15, -0.1) is 11.3 Å². The molecule has 2 heteroatoms. The summed E-state index contributed by atoms with van der Waals surface area (Å²) in [5.41, 5.74) is 1.51. The molecule has 4 saturated carbocycles. The molecule has 1 aromatic rings. The predicted molar refractivity (Wildman–Crippen MR) is 86.1 cm³/mol. The Morgan fingerprint density at radius 3 is 2.10 bits per heavy atom. The van der Waals surface area contributed by atoms with Crippen molar-refractivity contribution in [3.05, 3.63) is 21.4 Å². The van der Waals surface area contributed by atoms with Gasteiger partial charge in [-0.05, 0) is 94.2 Å². The summed E-state index contributed by atoms with van der Waals surface area (Å²) in [6.45, 7) is 4.56. The van der Waals surface area contributed by atoms with E-state index in [-0.39, 0.29) is 0 Å². The number of nitrogens with one attached hydrogen (secondary N) is 1. The van der Waals surface area contributed by atoms with E-state index in [9.17, 15) is 0 Å². The number of thiophene rings is 1. The van der Waals surface area contributed by atoms with E-state index >= 15 is 0 Å². The normalized spacial score (nSPS) is 40.2. The van der Waals surface area contributed by atoms with Crippen molar-refractivity contribution in [2.24, 2.45) is 29.6 Å². The molecule has 0 amide bonds. The summed E-state index contributed by atoms with van der Waals surface area (Å²) in [6.07, 6.45) is 7.66. The lowest BCUT2D eigenvalue weighted by Crippen LogP contribution is -2.49. The highest BCUT2D eigenvalue weighted by Crippen LogP contribution is 2.59. The van der Waals surface area contributed by atoms with Gasteiger partial charge in [-0.3, -0.25) is 0 Å². The van der Waals surface area contributed by atoms with Crippen LogP contribution in [-0.4, -0.2) is 7.05 Å². The molecular formula is C18H27NS. The number of aryl methyl sites for hydroxylation is 2. The lowest BCUT2D eigenvalue weighted by atomic mass is 9.50. The van der Waals surface area contributed by atoms with Crippen molar-refractivity contribution in [2.45, 2.75) is 52.0 Å². The molecule has 4 aliphatic rings. The van der Waals surface area contributed by atoms with Crippen LogP contribution < -0.4 is 5.32 Å².